The summed E-state index contributed by atoms with van der Waals surface area (Å²) < 4.78 is 0. The van der Waals surface area contributed by atoms with E-state index >= 15 is 0 Å². The molecule has 0 amide bonds. The van der Waals surface area contributed by atoms with E-state index in [0.29, 0.717) is 12.5 Å². The van der Waals surface area contributed by atoms with Crippen molar-refractivity contribution in [2.75, 3.05) is 6.54 Å². The van der Waals surface area contributed by atoms with Gasteiger partial charge in [0.05, 0.1) is 17.0 Å². The number of hydrogen-bond donors (Lipinski definition) is 1. The van der Waals surface area contributed by atoms with Gasteiger partial charge < -0.3 is 4.98 Å². The van der Waals surface area contributed by atoms with Crippen LogP contribution in [0.15, 0.2) is 35.3 Å². The molecule has 0 unspecified atom stereocenters. The van der Waals surface area contributed by atoms with E-state index in [-0.39, 0.29) is 5.56 Å². The first kappa shape index (κ1) is 17.5. The third kappa shape index (κ3) is 3.44. The van der Waals surface area contributed by atoms with Crippen molar-refractivity contribution in [2.45, 2.75) is 57.5 Å². The minimum Gasteiger partial charge on any atom is -0.310 e. The predicted octanol–water partition coefficient (Wildman–Crippen LogP) is 3.32. The highest BCUT2D eigenvalue weighted by molar-refractivity contribution is 5.74. The normalized spacial score (nSPS) is 18.3. The van der Waals surface area contributed by atoms with Crippen molar-refractivity contribution in [3.63, 3.8) is 0 Å². The van der Waals surface area contributed by atoms with Crippen molar-refractivity contribution in [1.29, 1.82) is 0 Å². The van der Waals surface area contributed by atoms with Crippen LogP contribution in [0.4, 0.5) is 0 Å². The SMILES string of the molecule is O=c1[nH]c(C2CCCCC2)nc2c1CN(Cc1ccc3cccnc3n1)CC2. The summed E-state index contributed by atoms with van der Waals surface area (Å²) in [5.74, 6) is 1.35. The highest BCUT2D eigenvalue weighted by Gasteiger charge is 2.24. The molecule has 4 heterocycles. The second kappa shape index (κ2) is 7.43. The summed E-state index contributed by atoms with van der Waals surface area (Å²) >= 11 is 0. The number of aromatic nitrogens is 4. The molecule has 1 aliphatic carbocycles. The zero-order valence-electron chi connectivity index (χ0n) is 16.0. The molecular weight excluding hydrogens is 350 g/mol. The van der Waals surface area contributed by atoms with Gasteiger partial charge in [-0.2, -0.15) is 0 Å². The lowest BCUT2D eigenvalue weighted by molar-refractivity contribution is 0.238. The monoisotopic (exact) mass is 375 g/mol. The summed E-state index contributed by atoms with van der Waals surface area (Å²) in [5, 5.41) is 1.05. The standard InChI is InChI=1S/C22H25N5O/c28-22-18-14-27(13-17-9-8-16-7-4-11-23-20(16)24-17)12-10-19(18)25-21(26-22)15-5-2-1-3-6-15/h4,7-9,11,15H,1-3,5-6,10,12-14H2,(H,25,26,28). The average Bonchev–Trinajstić information content (AvgIpc) is 2.74. The quantitative estimate of drug-likeness (QED) is 0.760. The summed E-state index contributed by atoms with van der Waals surface area (Å²) in [7, 11) is 0. The molecule has 28 heavy (non-hydrogen) atoms. The van der Waals surface area contributed by atoms with E-state index in [0.717, 1.165) is 66.2 Å². The molecule has 3 aromatic rings. The van der Waals surface area contributed by atoms with Crippen molar-refractivity contribution in [3.8, 4) is 0 Å². The second-order valence-electron chi connectivity index (χ2n) is 8.02. The van der Waals surface area contributed by atoms with Gasteiger partial charge in [-0.05, 0) is 37.1 Å². The first-order valence-electron chi connectivity index (χ1n) is 10.3. The third-order valence-electron chi connectivity index (χ3n) is 6.07. The summed E-state index contributed by atoms with van der Waals surface area (Å²) in [6, 6.07) is 8.05. The second-order valence-corrected chi connectivity index (χ2v) is 8.02. The maximum absolute atomic E-state index is 12.8. The lowest BCUT2D eigenvalue weighted by Crippen LogP contribution is -2.36. The maximum atomic E-state index is 12.8. The van der Waals surface area contributed by atoms with Gasteiger partial charge in [0.1, 0.15) is 5.82 Å². The summed E-state index contributed by atoms with van der Waals surface area (Å²) in [6.07, 6.45) is 8.68. The van der Waals surface area contributed by atoms with Crippen LogP contribution in [-0.2, 0) is 19.5 Å². The predicted molar refractivity (Wildman–Crippen MR) is 108 cm³/mol. The van der Waals surface area contributed by atoms with Gasteiger partial charge in [0.15, 0.2) is 5.65 Å². The zero-order valence-corrected chi connectivity index (χ0v) is 16.0. The smallest absolute Gasteiger partial charge is 0.255 e. The molecule has 1 aliphatic heterocycles. The van der Waals surface area contributed by atoms with Crippen LogP contribution in [0, 0.1) is 0 Å². The van der Waals surface area contributed by atoms with Crippen LogP contribution >= 0.6 is 0 Å². The van der Waals surface area contributed by atoms with E-state index in [1.54, 1.807) is 6.20 Å². The lowest BCUT2D eigenvalue weighted by Gasteiger charge is -2.28. The number of nitrogens with one attached hydrogen (secondary N) is 1. The number of rotatable bonds is 3. The number of aromatic amines is 1. The third-order valence-corrected chi connectivity index (χ3v) is 6.07. The topological polar surface area (TPSA) is 74.8 Å². The van der Waals surface area contributed by atoms with E-state index in [9.17, 15) is 4.79 Å². The number of fused-ring (bicyclic) bond motifs is 2. The Morgan fingerprint density at radius 2 is 2.00 bits per heavy atom. The molecule has 144 valence electrons. The Labute approximate surface area is 164 Å². The molecule has 1 N–H and O–H groups in total. The number of H-pyrrole nitrogens is 1. The van der Waals surface area contributed by atoms with E-state index in [4.69, 9.17) is 4.98 Å². The van der Waals surface area contributed by atoms with E-state index in [1.807, 2.05) is 18.2 Å². The molecule has 0 aromatic carbocycles. The van der Waals surface area contributed by atoms with E-state index < -0.39 is 0 Å². The van der Waals surface area contributed by atoms with Crippen LogP contribution in [0.2, 0.25) is 0 Å². The lowest BCUT2D eigenvalue weighted by atomic mass is 9.88. The van der Waals surface area contributed by atoms with Gasteiger partial charge in [-0.3, -0.25) is 9.69 Å². The van der Waals surface area contributed by atoms with Gasteiger partial charge in [-0.1, -0.05) is 19.3 Å². The van der Waals surface area contributed by atoms with Gasteiger partial charge in [-0.25, -0.2) is 15.0 Å². The minimum absolute atomic E-state index is 0.0448. The molecule has 2 aliphatic rings. The van der Waals surface area contributed by atoms with Crippen molar-refractivity contribution in [3.05, 3.63) is 63.6 Å². The molecule has 6 heteroatoms. The molecular formula is C22H25N5O. The fraction of sp³-hybridized carbons (Fsp3) is 0.455. The van der Waals surface area contributed by atoms with Gasteiger partial charge in [0, 0.05) is 43.6 Å². The number of nitrogens with zero attached hydrogens (tertiary/aromatic N) is 4. The Hall–Kier alpha value is -2.60. The Morgan fingerprint density at radius 3 is 2.89 bits per heavy atom. The zero-order chi connectivity index (χ0) is 18.9. The Balaban J connectivity index is 1.35. The van der Waals surface area contributed by atoms with Crippen LogP contribution in [0.1, 0.15) is 60.8 Å². The van der Waals surface area contributed by atoms with Gasteiger partial charge in [-0.15, -0.1) is 0 Å². The van der Waals surface area contributed by atoms with E-state index in [1.165, 1.54) is 19.3 Å². The Bertz CT molecular complexity index is 1050. The van der Waals surface area contributed by atoms with Gasteiger partial charge >= 0.3 is 0 Å². The number of hydrogen-bond acceptors (Lipinski definition) is 5. The van der Waals surface area contributed by atoms with Crippen molar-refractivity contribution >= 4 is 11.0 Å². The highest BCUT2D eigenvalue weighted by Crippen LogP contribution is 2.30. The Morgan fingerprint density at radius 1 is 1.11 bits per heavy atom. The molecule has 1 saturated carbocycles. The van der Waals surface area contributed by atoms with Crippen LogP contribution in [0.25, 0.3) is 11.0 Å². The molecule has 6 nitrogen and oxygen atoms in total. The molecule has 0 radical (unpaired) electrons. The molecule has 0 saturated heterocycles. The molecule has 0 atom stereocenters. The molecule has 0 bridgehead atoms. The molecule has 3 aromatic heterocycles. The summed E-state index contributed by atoms with van der Waals surface area (Å²) in [6.45, 7) is 2.25. The fourth-order valence-corrected chi connectivity index (χ4v) is 4.51. The molecule has 5 rings (SSSR count). The van der Waals surface area contributed by atoms with Crippen LogP contribution in [0.3, 0.4) is 0 Å². The largest absolute Gasteiger partial charge is 0.310 e. The van der Waals surface area contributed by atoms with Crippen molar-refractivity contribution in [2.24, 2.45) is 0 Å². The summed E-state index contributed by atoms with van der Waals surface area (Å²) in [5.41, 5.74) is 3.62. The van der Waals surface area contributed by atoms with Crippen LogP contribution in [0.5, 0.6) is 0 Å². The minimum atomic E-state index is 0.0448. The first-order valence-corrected chi connectivity index (χ1v) is 10.3. The summed E-state index contributed by atoms with van der Waals surface area (Å²) in [4.78, 5) is 32.0. The highest BCUT2D eigenvalue weighted by atomic mass is 16.1. The molecule has 1 fully saturated rings. The molecule has 0 spiro atoms. The van der Waals surface area contributed by atoms with Crippen molar-refractivity contribution < 1.29 is 0 Å². The fourth-order valence-electron chi connectivity index (χ4n) is 4.51. The Kier molecular flexibility index (Phi) is 4.64. The van der Waals surface area contributed by atoms with Crippen LogP contribution < -0.4 is 5.56 Å². The first-order chi connectivity index (χ1) is 13.8. The van der Waals surface area contributed by atoms with Crippen molar-refractivity contribution in [1.82, 2.24) is 24.8 Å². The van der Waals surface area contributed by atoms with E-state index in [2.05, 4.69) is 25.9 Å². The van der Waals surface area contributed by atoms with Gasteiger partial charge in [0.25, 0.3) is 5.56 Å². The van der Waals surface area contributed by atoms with Crippen LogP contribution in [-0.4, -0.2) is 31.4 Å². The maximum Gasteiger partial charge on any atom is 0.255 e. The van der Waals surface area contributed by atoms with Gasteiger partial charge in [0.2, 0.25) is 0 Å². The average molecular weight is 375 g/mol. The number of pyridine rings is 2.